The monoisotopic (exact) mass is 428 g/mol. The summed E-state index contributed by atoms with van der Waals surface area (Å²) < 4.78 is 0. The molecule has 178 valence electrons. The predicted molar refractivity (Wildman–Crippen MR) is 143 cm³/mol. The Kier molecular flexibility index (Phi) is 23.4. The van der Waals surface area contributed by atoms with Crippen molar-refractivity contribution in [3.05, 3.63) is 0 Å². The fourth-order valence-electron chi connectivity index (χ4n) is 5.16. The molecule has 0 heterocycles. The first kappa shape index (κ1) is 29.4. The van der Waals surface area contributed by atoms with Gasteiger partial charge in [0.05, 0.1) is 0 Å². The first-order chi connectivity index (χ1) is 14.2. The van der Waals surface area contributed by atoms with Gasteiger partial charge in [-0.3, -0.25) is 0 Å². The molecule has 0 N–H and O–H groups in total. The second-order valence-corrected chi connectivity index (χ2v) is 15.2. The summed E-state index contributed by atoms with van der Waals surface area (Å²) in [6.45, 7) is 9.44. The molecule has 0 aromatic carbocycles. The van der Waals surface area contributed by atoms with E-state index in [1.54, 1.807) is 50.3 Å². The molecule has 1 heteroatoms. The average molecular weight is 429 g/mol. The van der Waals surface area contributed by atoms with Gasteiger partial charge in [-0.25, -0.2) is 0 Å². The summed E-state index contributed by atoms with van der Waals surface area (Å²) in [7, 11) is -1.00. The third kappa shape index (κ3) is 18.9. The van der Waals surface area contributed by atoms with E-state index in [2.05, 4.69) is 27.7 Å². The van der Waals surface area contributed by atoms with Crippen molar-refractivity contribution in [3.8, 4) is 0 Å². The molecule has 0 saturated heterocycles. The molecule has 0 nitrogen and oxygen atoms in total. The maximum absolute atomic E-state index is 2.38. The van der Waals surface area contributed by atoms with E-state index >= 15 is 0 Å². The fourth-order valence-corrected chi connectivity index (χ4v) is 10.7. The second kappa shape index (κ2) is 23.1. The molecule has 0 unspecified atom stereocenters. The Morgan fingerprint density at radius 1 is 0.276 bits per heavy atom. The van der Waals surface area contributed by atoms with Gasteiger partial charge in [-0.2, -0.15) is 0 Å². The molecule has 0 saturated carbocycles. The topological polar surface area (TPSA) is 0 Å². The summed E-state index contributed by atoms with van der Waals surface area (Å²) in [5.41, 5.74) is 0. The summed E-state index contributed by atoms with van der Waals surface area (Å²) in [6.07, 6.45) is 36.3. The maximum atomic E-state index is 2.38. The zero-order valence-corrected chi connectivity index (χ0v) is 22.5. The van der Waals surface area contributed by atoms with Gasteiger partial charge in [0.15, 0.2) is 0 Å². The van der Waals surface area contributed by atoms with E-state index in [4.69, 9.17) is 0 Å². The number of hydrogen-bond donors (Lipinski definition) is 0. The molecule has 0 aliphatic rings. The van der Waals surface area contributed by atoms with E-state index < -0.39 is 7.26 Å². The summed E-state index contributed by atoms with van der Waals surface area (Å²) >= 11 is 0. The molecule has 0 radical (unpaired) electrons. The van der Waals surface area contributed by atoms with Crippen LogP contribution in [0.1, 0.15) is 156 Å². The van der Waals surface area contributed by atoms with E-state index in [1.165, 1.54) is 103 Å². The van der Waals surface area contributed by atoms with Crippen LogP contribution in [0.3, 0.4) is 0 Å². The van der Waals surface area contributed by atoms with E-state index in [9.17, 15) is 0 Å². The minimum atomic E-state index is -1.00. The Morgan fingerprint density at radius 2 is 0.483 bits per heavy atom. The van der Waals surface area contributed by atoms with Crippen LogP contribution in [-0.4, -0.2) is 24.6 Å². The third-order valence-corrected chi connectivity index (χ3v) is 12.9. The predicted octanol–water partition coefficient (Wildman–Crippen LogP) is 10.6. The Balaban J connectivity index is 4.20. The van der Waals surface area contributed by atoms with Crippen LogP contribution in [0.15, 0.2) is 0 Å². The SMILES string of the molecule is CCCCCCCCCCCCC[PH](CCCCC)(CCCCC)CCCCC. The van der Waals surface area contributed by atoms with Gasteiger partial charge in [0.25, 0.3) is 0 Å². The van der Waals surface area contributed by atoms with E-state index in [0.29, 0.717) is 0 Å². The molecule has 0 aromatic heterocycles. The van der Waals surface area contributed by atoms with Gasteiger partial charge in [-0.15, -0.1) is 0 Å². The third-order valence-electron chi connectivity index (χ3n) is 7.24. The van der Waals surface area contributed by atoms with Crippen LogP contribution in [0, 0.1) is 0 Å². The van der Waals surface area contributed by atoms with Crippen molar-refractivity contribution in [3.63, 3.8) is 0 Å². The van der Waals surface area contributed by atoms with Gasteiger partial charge in [0.1, 0.15) is 0 Å². The Morgan fingerprint density at radius 3 is 0.793 bits per heavy atom. The minimum absolute atomic E-state index is 1.00. The summed E-state index contributed by atoms with van der Waals surface area (Å²) in [6, 6.07) is 0. The number of unbranched alkanes of at least 4 members (excludes halogenated alkanes) is 16. The van der Waals surface area contributed by atoms with E-state index in [0.717, 1.165) is 0 Å². The molecule has 29 heavy (non-hydrogen) atoms. The fraction of sp³-hybridized carbons (Fsp3) is 1.00. The molecule has 0 aromatic rings. The number of rotatable bonds is 24. The van der Waals surface area contributed by atoms with Gasteiger partial charge in [0, 0.05) is 0 Å². The molecule has 0 fully saturated rings. The summed E-state index contributed by atoms with van der Waals surface area (Å²) in [4.78, 5) is 0. The summed E-state index contributed by atoms with van der Waals surface area (Å²) in [5, 5.41) is 0. The Bertz CT molecular complexity index is 272. The molecule has 0 atom stereocenters. The molecule has 0 rings (SSSR count). The Labute approximate surface area is 188 Å². The van der Waals surface area contributed by atoms with Crippen molar-refractivity contribution < 1.29 is 0 Å². The first-order valence-corrected chi connectivity index (χ1v) is 17.1. The van der Waals surface area contributed by atoms with Crippen LogP contribution < -0.4 is 0 Å². The molecular formula is C28H61P. The van der Waals surface area contributed by atoms with Crippen LogP contribution in [0.25, 0.3) is 0 Å². The molecule has 0 bridgehead atoms. The van der Waals surface area contributed by atoms with Gasteiger partial charge >= 0.3 is 181 Å². The van der Waals surface area contributed by atoms with Crippen molar-refractivity contribution in [2.45, 2.75) is 156 Å². The van der Waals surface area contributed by atoms with Crippen LogP contribution >= 0.6 is 7.26 Å². The van der Waals surface area contributed by atoms with Gasteiger partial charge in [-0.1, -0.05) is 6.92 Å². The summed E-state index contributed by atoms with van der Waals surface area (Å²) in [5.74, 6) is 0. The molecular weight excluding hydrogens is 367 g/mol. The normalized spacial score (nSPS) is 12.6. The number of hydrogen-bond acceptors (Lipinski definition) is 0. The second-order valence-electron chi connectivity index (χ2n) is 10.2. The Hall–Kier alpha value is 0.430. The quantitative estimate of drug-likeness (QED) is 0.106. The zero-order chi connectivity index (χ0) is 21.5. The van der Waals surface area contributed by atoms with Crippen LogP contribution in [-0.2, 0) is 0 Å². The molecule has 0 aliphatic heterocycles. The van der Waals surface area contributed by atoms with Gasteiger partial charge in [0.2, 0.25) is 0 Å². The molecule has 0 spiro atoms. The van der Waals surface area contributed by atoms with Crippen molar-refractivity contribution in [1.29, 1.82) is 0 Å². The van der Waals surface area contributed by atoms with Gasteiger partial charge in [-0.05, 0) is 0 Å². The van der Waals surface area contributed by atoms with E-state index in [1.807, 2.05) is 0 Å². The van der Waals surface area contributed by atoms with Crippen LogP contribution in [0.5, 0.6) is 0 Å². The van der Waals surface area contributed by atoms with E-state index in [-0.39, 0.29) is 0 Å². The van der Waals surface area contributed by atoms with Crippen LogP contribution in [0.4, 0.5) is 0 Å². The standard InChI is InChI=1S/C28H61P/c1-5-9-13-14-15-16-17-18-19-20-24-28-29(25-21-10-6-2,26-22-11-7-3)27-23-12-8-4/h29H,5-28H2,1-4H3. The van der Waals surface area contributed by atoms with Crippen molar-refractivity contribution >= 4 is 7.26 Å². The zero-order valence-electron chi connectivity index (χ0n) is 21.5. The van der Waals surface area contributed by atoms with Gasteiger partial charge < -0.3 is 0 Å². The molecule has 0 aliphatic carbocycles. The van der Waals surface area contributed by atoms with Crippen molar-refractivity contribution in [2.24, 2.45) is 0 Å². The van der Waals surface area contributed by atoms with Crippen molar-refractivity contribution in [1.82, 2.24) is 0 Å². The van der Waals surface area contributed by atoms with Crippen LogP contribution in [0.2, 0.25) is 0 Å². The first-order valence-electron chi connectivity index (χ1n) is 14.2. The average Bonchev–Trinajstić information content (AvgIpc) is 2.72. The molecule has 0 amide bonds. The van der Waals surface area contributed by atoms with Crippen molar-refractivity contribution in [2.75, 3.05) is 24.6 Å².